The van der Waals surface area contributed by atoms with Crippen LogP contribution in [0.3, 0.4) is 0 Å². The lowest BCUT2D eigenvalue weighted by molar-refractivity contribution is -0.124. The number of piperidine rings is 1. The van der Waals surface area contributed by atoms with Crippen molar-refractivity contribution in [1.82, 2.24) is 21.5 Å². The van der Waals surface area contributed by atoms with E-state index >= 15 is 0 Å². The molecule has 0 bridgehead atoms. The van der Waals surface area contributed by atoms with E-state index in [4.69, 9.17) is 4.74 Å². The van der Waals surface area contributed by atoms with Crippen molar-refractivity contribution in [1.29, 1.82) is 0 Å². The van der Waals surface area contributed by atoms with Gasteiger partial charge in [-0.3, -0.25) is 10.2 Å². The number of hydrazine groups is 1. The van der Waals surface area contributed by atoms with Gasteiger partial charge in [-0.25, -0.2) is 5.43 Å². The first kappa shape index (κ1) is 17.2. The third kappa shape index (κ3) is 3.55. The Bertz CT molecular complexity index is 573. The fraction of sp³-hybridized carbons (Fsp3) is 0.611. The zero-order valence-corrected chi connectivity index (χ0v) is 14.7. The van der Waals surface area contributed by atoms with Gasteiger partial charge in [0.15, 0.2) is 0 Å². The van der Waals surface area contributed by atoms with Crippen LogP contribution in [0.25, 0.3) is 0 Å². The molecule has 1 aromatic carbocycles. The van der Waals surface area contributed by atoms with Crippen molar-refractivity contribution in [3.05, 3.63) is 29.8 Å². The molecule has 2 fully saturated rings. The fourth-order valence-electron chi connectivity index (χ4n) is 3.54. The molecule has 24 heavy (non-hydrogen) atoms. The quantitative estimate of drug-likeness (QED) is 0.633. The minimum atomic E-state index is -0.172. The molecular formula is C18H28N4O2. The zero-order valence-electron chi connectivity index (χ0n) is 14.7. The first-order valence-electron chi connectivity index (χ1n) is 8.65. The van der Waals surface area contributed by atoms with Gasteiger partial charge in [-0.15, -0.1) is 0 Å². The normalized spacial score (nSPS) is 26.7. The number of fused-ring (bicyclic) bond motifs is 1. The average Bonchev–Trinajstić information content (AvgIpc) is 3.04. The van der Waals surface area contributed by atoms with Crippen molar-refractivity contribution in [2.24, 2.45) is 5.92 Å². The maximum Gasteiger partial charge on any atom is 0.238 e. The molecule has 0 aromatic heterocycles. The number of benzene rings is 1. The molecule has 2 aliphatic heterocycles. The van der Waals surface area contributed by atoms with Gasteiger partial charge in [0.25, 0.3) is 0 Å². The van der Waals surface area contributed by atoms with Crippen LogP contribution in [-0.2, 0) is 10.2 Å². The van der Waals surface area contributed by atoms with Gasteiger partial charge >= 0.3 is 0 Å². The Labute approximate surface area is 143 Å². The SMILES string of the molecule is COc1ccc(C(C)(C)CNC(=O)C2NNC3CCNCC32)cc1. The fourth-order valence-corrected chi connectivity index (χ4v) is 3.54. The molecule has 6 heteroatoms. The van der Waals surface area contributed by atoms with Crippen molar-refractivity contribution >= 4 is 5.91 Å². The van der Waals surface area contributed by atoms with Gasteiger partial charge in [-0.1, -0.05) is 26.0 Å². The Kier molecular flexibility index (Phi) is 5.08. The summed E-state index contributed by atoms with van der Waals surface area (Å²) >= 11 is 0. The van der Waals surface area contributed by atoms with Crippen LogP contribution < -0.4 is 26.2 Å². The van der Waals surface area contributed by atoms with E-state index in [1.807, 2.05) is 12.1 Å². The molecule has 3 atom stereocenters. The molecule has 3 unspecified atom stereocenters. The molecule has 2 heterocycles. The lowest BCUT2D eigenvalue weighted by atomic mass is 9.84. The summed E-state index contributed by atoms with van der Waals surface area (Å²) in [6.45, 7) is 6.77. The number of carbonyl (C=O) groups excluding carboxylic acids is 1. The van der Waals surface area contributed by atoms with Crippen LogP contribution in [0.2, 0.25) is 0 Å². The number of hydrogen-bond acceptors (Lipinski definition) is 5. The number of carbonyl (C=O) groups is 1. The third-order valence-corrected chi connectivity index (χ3v) is 5.24. The number of nitrogens with one attached hydrogen (secondary N) is 4. The van der Waals surface area contributed by atoms with E-state index in [2.05, 4.69) is 47.5 Å². The number of amides is 1. The minimum absolute atomic E-state index is 0.0697. The summed E-state index contributed by atoms with van der Waals surface area (Å²) < 4.78 is 5.21. The maximum atomic E-state index is 12.6. The standard InChI is InChI=1S/C18H28N4O2/c1-18(2,12-4-6-13(24-3)7-5-12)11-20-17(23)16-14-10-19-9-8-15(14)21-22-16/h4-7,14-16,19,21-22H,8-11H2,1-3H3,(H,20,23). The molecule has 0 spiro atoms. The van der Waals surface area contributed by atoms with Crippen LogP contribution in [0, 0.1) is 5.92 Å². The summed E-state index contributed by atoms with van der Waals surface area (Å²) in [5.41, 5.74) is 7.48. The van der Waals surface area contributed by atoms with Crippen LogP contribution in [0.5, 0.6) is 5.75 Å². The van der Waals surface area contributed by atoms with Crippen molar-refractivity contribution in [2.75, 3.05) is 26.7 Å². The zero-order chi connectivity index (χ0) is 17.2. The lowest BCUT2D eigenvalue weighted by Crippen LogP contribution is -2.51. The summed E-state index contributed by atoms with van der Waals surface area (Å²) in [5.74, 6) is 1.22. The van der Waals surface area contributed by atoms with Crippen molar-refractivity contribution in [2.45, 2.75) is 37.8 Å². The predicted molar refractivity (Wildman–Crippen MR) is 93.9 cm³/mol. The van der Waals surface area contributed by atoms with E-state index in [1.165, 1.54) is 5.56 Å². The van der Waals surface area contributed by atoms with Crippen LogP contribution in [0.15, 0.2) is 24.3 Å². The third-order valence-electron chi connectivity index (χ3n) is 5.24. The second kappa shape index (κ2) is 7.09. The van der Waals surface area contributed by atoms with Crippen molar-refractivity contribution in [3.63, 3.8) is 0 Å². The maximum absolute atomic E-state index is 12.6. The van der Waals surface area contributed by atoms with E-state index < -0.39 is 0 Å². The number of ether oxygens (including phenoxy) is 1. The van der Waals surface area contributed by atoms with Gasteiger partial charge < -0.3 is 15.4 Å². The number of hydrogen-bond donors (Lipinski definition) is 4. The summed E-state index contributed by atoms with van der Waals surface area (Å²) in [4.78, 5) is 12.6. The average molecular weight is 332 g/mol. The Hall–Kier alpha value is -1.63. The largest absolute Gasteiger partial charge is 0.497 e. The molecule has 2 aliphatic rings. The van der Waals surface area contributed by atoms with Crippen LogP contribution in [0.4, 0.5) is 0 Å². The Morgan fingerprint density at radius 2 is 2.04 bits per heavy atom. The number of methoxy groups -OCH3 is 1. The highest BCUT2D eigenvalue weighted by Gasteiger charge is 2.41. The van der Waals surface area contributed by atoms with Crippen molar-refractivity contribution in [3.8, 4) is 5.75 Å². The second-order valence-electron chi connectivity index (χ2n) is 7.36. The highest BCUT2D eigenvalue weighted by molar-refractivity contribution is 5.82. The predicted octanol–water partition coefficient (Wildman–Crippen LogP) is 0.544. The molecule has 1 amide bonds. The molecule has 0 saturated carbocycles. The first-order valence-corrected chi connectivity index (χ1v) is 8.65. The Balaban J connectivity index is 1.58. The van der Waals surface area contributed by atoms with E-state index in [0.29, 0.717) is 18.5 Å². The molecule has 132 valence electrons. The minimum Gasteiger partial charge on any atom is -0.497 e. The second-order valence-corrected chi connectivity index (χ2v) is 7.36. The van der Waals surface area contributed by atoms with Gasteiger partial charge in [0.2, 0.25) is 5.91 Å². The molecule has 6 nitrogen and oxygen atoms in total. The first-order chi connectivity index (χ1) is 11.5. The van der Waals surface area contributed by atoms with Gasteiger partial charge in [-0.2, -0.15) is 0 Å². The van der Waals surface area contributed by atoms with Gasteiger partial charge in [0.1, 0.15) is 11.8 Å². The summed E-state index contributed by atoms with van der Waals surface area (Å²) in [6, 6.07) is 8.24. The summed E-state index contributed by atoms with van der Waals surface area (Å²) in [5, 5.41) is 6.50. The summed E-state index contributed by atoms with van der Waals surface area (Å²) in [7, 11) is 1.66. The summed E-state index contributed by atoms with van der Waals surface area (Å²) in [6.07, 6.45) is 1.05. The smallest absolute Gasteiger partial charge is 0.238 e. The number of rotatable bonds is 5. The van der Waals surface area contributed by atoms with Gasteiger partial charge in [0.05, 0.1) is 7.11 Å². The molecular weight excluding hydrogens is 304 g/mol. The molecule has 3 rings (SSSR count). The van der Waals surface area contributed by atoms with Crippen LogP contribution >= 0.6 is 0 Å². The van der Waals surface area contributed by atoms with E-state index in [0.717, 1.165) is 25.3 Å². The lowest BCUT2D eigenvalue weighted by Gasteiger charge is -2.29. The Morgan fingerprint density at radius 1 is 1.29 bits per heavy atom. The monoisotopic (exact) mass is 332 g/mol. The Morgan fingerprint density at radius 3 is 2.75 bits per heavy atom. The van der Waals surface area contributed by atoms with E-state index in [-0.39, 0.29) is 17.4 Å². The van der Waals surface area contributed by atoms with Crippen LogP contribution in [0.1, 0.15) is 25.8 Å². The highest BCUT2D eigenvalue weighted by Crippen LogP contribution is 2.25. The highest BCUT2D eigenvalue weighted by atomic mass is 16.5. The van der Waals surface area contributed by atoms with Crippen LogP contribution in [-0.4, -0.2) is 44.7 Å². The van der Waals surface area contributed by atoms with Crippen molar-refractivity contribution < 1.29 is 9.53 Å². The molecule has 1 aromatic rings. The van der Waals surface area contributed by atoms with E-state index in [1.54, 1.807) is 7.11 Å². The molecule has 0 aliphatic carbocycles. The molecule has 0 radical (unpaired) electrons. The molecule has 2 saturated heterocycles. The van der Waals surface area contributed by atoms with Gasteiger partial charge in [-0.05, 0) is 30.7 Å². The molecule has 4 N–H and O–H groups in total. The van der Waals surface area contributed by atoms with Gasteiger partial charge in [0, 0.05) is 30.5 Å². The topological polar surface area (TPSA) is 74.4 Å². The van der Waals surface area contributed by atoms with E-state index in [9.17, 15) is 4.79 Å².